The first-order valence-corrected chi connectivity index (χ1v) is 6.41. The van der Waals surface area contributed by atoms with Crippen LogP contribution in [0.4, 0.5) is 5.95 Å². The quantitative estimate of drug-likeness (QED) is 0.744. The number of aryl methyl sites for hydroxylation is 1. The normalized spacial score (nSPS) is 21.2. The van der Waals surface area contributed by atoms with Gasteiger partial charge in [0.25, 0.3) is 0 Å². The Kier molecular flexibility index (Phi) is 3.64. The van der Waals surface area contributed by atoms with E-state index in [9.17, 15) is 0 Å². The van der Waals surface area contributed by atoms with Gasteiger partial charge in [0.1, 0.15) is 0 Å². The van der Waals surface area contributed by atoms with Gasteiger partial charge in [-0.2, -0.15) is 0 Å². The van der Waals surface area contributed by atoms with Crippen LogP contribution in [-0.2, 0) is 5.88 Å². The Hall–Kier alpha value is -0.830. The summed E-state index contributed by atoms with van der Waals surface area (Å²) < 4.78 is 0. The van der Waals surface area contributed by atoms with Gasteiger partial charge in [-0.3, -0.25) is 0 Å². The molecule has 1 atom stereocenters. The molecule has 4 heteroatoms. The highest BCUT2D eigenvalue weighted by atomic mass is 35.5. The topological polar surface area (TPSA) is 29.0 Å². The van der Waals surface area contributed by atoms with E-state index in [1.807, 2.05) is 13.1 Å². The molecular weight excluding hydrogens is 222 g/mol. The van der Waals surface area contributed by atoms with Crippen LogP contribution in [-0.4, -0.2) is 22.6 Å². The molecule has 1 saturated heterocycles. The second kappa shape index (κ2) is 5.00. The van der Waals surface area contributed by atoms with Crippen LogP contribution < -0.4 is 4.90 Å². The molecule has 1 fully saturated rings. The molecule has 0 bridgehead atoms. The zero-order chi connectivity index (χ0) is 11.5. The van der Waals surface area contributed by atoms with E-state index in [1.54, 1.807) is 0 Å². The third-order valence-electron chi connectivity index (χ3n) is 3.27. The lowest BCUT2D eigenvalue weighted by Gasteiger charge is -2.33. The van der Waals surface area contributed by atoms with Gasteiger partial charge in [0.05, 0.1) is 5.88 Å². The van der Waals surface area contributed by atoms with Gasteiger partial charge < -0.3 is 4.90 Å². The van der Waals surface area contributed by atoms with Gasteiger partial charge in [-0.05, 0) is 33.1 Å². The highest BCUT2D eigenvalue weighted by Gasteiger charge is 2.20. The van der Waals surface area contributed by atoms with Crippen molar-refractivity contribution in [1.82, 2.24) is 9.97 Å². The average Bonchev–Trinajstić information content (AvgIpc) is 2.29. The summed E-state index contributed by atoms with van der Waals surface area (Å²) in [6.07, 6.45) is 5.64. The third kappa shape index (κ3) is 2.29. The fourth-order valence-corrected chi connectivity index (χ4v) is 2.41. The molecule has 1 aliphatic heterocycles. The maximum Gasteiger partial charge on any atom is 0.225 e. The number of aromatic nitrogens is 2. The van der Waals surface area contributed by atoms with Gasteiger partial charge in [0.2, 0.25) is 5.95 Å². The summed E-state index contributed by atoms with van der Waals surface area (Å²) >= 11 is 5.81. The van der Waals surface area contributed by atoms with Gasteiger partial charge in [-0.1, -0.05) is 0 Å². The second-order valence-electron chi connectivity index (χ2n) is 4.45. The summed E-state index contributed by atoms with van der Waals surface area (Å²) in [4.78, 5) is 11.3. The van der Waals surface area contributed by atoms with Gasteiger partial charge in [0.15, 0.2) is 0 Å². The molecule has 3 nitrogen and oxygen atoms in total. The molecule has 88 valence electrons. The van der Waals surface area contributed by atoms with Gasteiger partial charge in [-0.25, -0.2) is 9.97 Å². The monoisotopic (exact) mass is 239 g/mol. The molecule has 0 N–H and O–H groups in total. The van der Waals surface area contributed by atoms with Crippen molar-refractivity contribution >= 4 is 17.5 Å². The fraction of sp³-hybridized carbons (Fsp3) is 0.667. The summed E-state index contributed by atoms with van der Waals surface area (Å²) in [7, 11) is 0. The Bertz CT molecular complexity index is 367. The Morgan fingerprint density at radius 2 is 2.31 bits per heavy atom. The predicted molar refractivity (Wildman–Crippen MR) is 67.0 cm³/mol. The maximum atomic E-state index is 5.81. The SMILES string of the molecule is Cc1nc(N2CCCCC2C)ncc1CCl. The Morgan fingerprint density at radius 1 is 1.50 bits per heavy atom. The number of hydrogen-bond acceptors (Lipinski definition) is 3. The number of anilines is 1. The van der Waals surface area contributed by atoms with Crippen LogP contribution in [0.1, 0.15) is 37.4 Å². The summed E-state index contributed by atoms with van der Waals surface area (Å²) in [6.45, 7) is 5.31. The molecule has 0 aromatic carbocycles. The zero-order valence-corrected chi connectivity index (χ0v) is 10.7. The fourth-order valence-electron chi connectivity index (χ4n) is 2.14. The first-order valence-electron chi connectivity index (χ1n) is 5.87. The van der Waals surface area contributed by atoms with Crippen molar-refractivity contribution in [3.8, 4) is 0 Å². The van der Waals surface area contributed by atoms with Crippen LogP contribution >= 0.6 is 11.6 Å². The van der Waals surface area contributed by atoms with Crippen LogP contribution in [0, 0.1) is 6.92 Å². The predicted octanol–water partition coefficient (Wildman–Crippen LogP) is 2.90. The summed E-state index contributed by atoms with van der Waals surface area (Å²) in [6, 6.07) is 0.551. The van der Waals surface area contributed by atoms with Crippen molar-refractivity contribution in [2.45, 2.75) is 45.0 Å². The lowest BCUT2D eigenvalue weighted by Crippen LogP contribution is -2.38. The minimum Gasteiger partial charge on any atom is -0.338 e. The first-order chi connectivity index (χ1) is 7.72. The molecule has 0 radical (unpaired) electrons. The number of nitrogens with zero attached hydrogens (tertiary/aromatic N) is 3. The summed E-state index contributed by atoms with van der Waals surface area (Å²) in [5.74, 6) is 1.35. The number of rotatable bonds is 2. The van der Waals surface area contributed by atoms with Crippen LogP contribution in [0.2, 0.25) is 0 Å². The number of alkyl halides is 1. The molecule has 1 aliphatic rings. The molecule has 1 aromatic heterocycles. The number of piperidine rings is 1. The van der Waals surface area contributed by atoms with Gasteiger partial charge in [0, 0.05) is 30.0 Å². The Morgan fingerprint density at radius 3 is 2.94 bits per heavy atom. The van der Waals surface area contributed by atoms with E-state index >= 15 is 0 Å². The van der Waals surface area contributed by atoms with Crippen molar-refractivity contribution in [2.75, 3.05) is 11.4 Å². The molecule has 0 saturated carbocycles. The number of halogens is 1. The summed E-state index contributed by atoms with van der Waals surface area (Å²) in [5, 5.41) is 0. The maximum absolute atomic E-state index is 5.81. The molecule has 0 amide bonds. The zero-order valence-electron chi connectivity index (χ0n) is 9.91. The Labute approximate surface area is 102 Å². The molecule has 1 aromatic rings. The number of hydrogen-bond donors (Lipinski definition) is 0. The molecule has 0 aliphatic carbocycles. The molecule has 2 rings (SSSR count). The van der Waals surface area contributed by atoms with Crippen molar-refractivity contribution < 1.29 is 0 Å². The summed E-state index contributed by atoms with van der Waals surface area (Å²) in [5.41, 5.74) is 2.02. The lowest BCUT2D eigenvalue weighted by molar-refractivity contribution is 0.476. The lowest BCUT2D eigenvalue weighted by atomic mass is 10.0. The van der Waals surface area contributed by atoms with Crippen molar-refractivity contribution in [1.29, 1.82) is 0 Å². The van der Waals surface area contributed by atoms with Crippen LogP contribution in [0.3, 0.4) is 0 Å². The van der Waals surface area contributed by atoms with Gasteiger partial charge >= 0.3 is 0 Å². The van der Waals surface area contributed by atoms with Gasteiger partial charge in [-0.15, -0.1) is 11.6 Å². The van der Waals surface area contributed by atoms with Crippen LogP contribution in [0.15, 0.2) is 6.20 Å². The highest BCUT2D eigenvalue weighted by Crippen LogP contribution is 2.22. The molecule has 1 unspecified atom stereocenters. The smallest absolute Gasteiger partial charge is 0.225 e. The van der Waals surface area contributed by atoms with E-state index < -0.39 is 0 Å². The largest absolute Gasteiger partial charge is 0.338 e. The van der Waals surface area contributed by atoms with Crippen LogP contribution in [0.5, 0.6) is 0 Å². The van der Waals surface area contributed by atoms with Crippen molar-refractivity contribution in [2.24, 2.45) is 0 Å². The molecular formula is C12H18ClN3. The third-order valence-corrected chi connectivity index (χ3v) is 3.56. The Balaban J connectivity index is 2.22. The molecule has 0 spiro atoms. The van der Waals surface area contributed by atoms with E-state index in [4.69, 9.17) is 11.6 Å². The van der Waals surface area contributed by atoms with E-state index in [1.165, 1.54) is 19.3 Å². The first kappa shape index (κ1) is 11.6. The van der Waals surface area contributed by atoms with Crippen molar-refractivity contribution in [3.63, 3.8) is 0 Å². The molecule has 16 heavy (non-hydrogen) atoms. The second-order valence-corrected chi connectivity index (χ2v) is 4.72. The minimum atomic E-state index is 0.488. The standard InChI is InChI=1S/C12H18ClN3/c1-9-5-3-4-6-16(9)12-14-8-11(7-13)10(2)15-12/h8-9H,3-7H2,1-2H3. The van der Waals surface area contributed by atoms with E-state index in [2.05, 4.69) is 21.8 Å². The highest BCUT2D eigenvalue weighted by molar-refractivity contribution is 6.17. The van der Waals surface area contributed by atoms with E-state index in [-0.39, 0.29) is 0 Å². The van der Waals surface area contributed by atoms with E-state index in [0.29, 0.717) is 11.9 Å². The minimum absolute atomic E-state index is 0.488. The van der Waals surface area contributed by atoms with Crippen LogP contribution in [0.25, 0.3) is 0 Å². The molecule has 2 heterocycles. The van der Waals surface area contributed by atoms with Crippen molar-refractivity contribution in [3.05, 3.63) is 17.5 Å². The van der Waals surface area contributed by atoms with E-state index in [0.717, 1.165) is 23.8 Å². The average molecular weight is 240 g/mol.